The van der Waals surface area contributed by atoms with E-state index in [-0.39, 0.29) is 5.91 Å². The van der Waals surface area contributed by atoms with Gasteiger partial charge in [-0.15, -0.1) is 0 Å². The van der Waals surface area contributed by atoms with Crippen molar-refractivity contribution in [2.75, 3.05) is 6.54 Å². The summed E-state index contributed by atoms with van der Waals surface area (Å²) in [5.41, 5.74) is 3.00. The number of nitrogens with zero attached hydrogens (tertiary/aromatic N) is 1. The van der Waals surface area contributed by atoms with Crippen LogP contribution < -0.4 is 0 Å². The average molecular weight is 272 g/mol. The first-order valence-electron chi connectivity index (χ1n) is 6.35. The van der Waals surface area contributed by atoms with E-state index in [1.54, 1.807) is 6.07 Å². The Morgan fingerprint density at radius 1 is 1.11 bits per heavy atom. The zero-order chi connectivity index (χ0) is 13.2. The van der Waals surface area contributed by atoms with Gasteiger partial charge in [0, 0.05) is 23.7 Å². The van der Waals surface area contributed by atoms with E-state index in [0.29, 0.717) is 11.6 Å². The Kier molecular flexibility index (Phi) is 3.26. The molecule has 0 saturated carbocycles. The molecular weight excluding hydrogens is 258 g/mol. The largest absolute Gasteiger partial charge is 0.334 e. The van der Waals surface area contributed by atoms with Crippen molar-refractivity contribution in [2.24, 2.45) is 0 Å². The first-order chi connectivity index (χ1) is 9.24. The summed E-state index contributed by atoms with van der Waals surface area (Å²) in [5.74, 6) is 0.0989. The van der Waals surface area contributed by atoms with Crippen LogP contribution in [0.25, 0.3) is 0 Å². The third kappa shape index (κ3) is 2.49. The zero-order valence-corrected chi connectivity index (χ0v) is 11.2. The minimum absolute atomic E-state index is 0.0989. The summed E-state index contributed by atoms with van der Waals surface area (Å²) in [4.78, 5) is 14.3. The Balaban J connectivity index is 1.84. The Labute approximate surface area is 117 Å². The van der Waals surface area contributed by atoms with Gasteiger partial charge in [-0.05, 0) is 35.7 Å². The number of hydrogen-bond acceptors (Lipinski definition) is 1. The molecule has 0 atom stereocenters. The number of benzene rings is 2. The van der Waals surface area contributed by atoms with E-state index < -0.39 is 0 Å². The number of halogens is 1. The fourth-order valence-corrected chi connectivity index (χ4v) is 2.65. The van der Waals surface area contributed by atoms with Crippen molar-refractivity contribution in [3.05, 3.63) is 70.2 Å². The third-order valence-electron chi connectivity index (χ3n) is 3.45. The summed E-state index contributed by atoms with van der Waals surface area (Å²) in [6.07, 6.45) is 0.870. The van der Waals surface area contributed by atoms with Crippen LogP contribution in [-0.2, 0) is 13.0 Å². The zero-order valence-electron chi connectivity index (χ0n) is 10.5. The van der Waals surface area contributed by atoms with Gasteiger partial charge in [0.25, 0.3) is 5.91 Å². The highest BCUT2D eigenvalue weighted by atomic mass is 35.5. The average Bonchev–Trinajstić information content (AvgIpc) is 2.43. The molecule has 2 aromatic carbocycles. The van der Waals surface area contributed by atoms with Crippen LogP contribution >= 0.6 is 11.6 Å². The van der Waals surface area contributed by atoms with Gasteiger partial charge in [-0.3, -0.25) is 4.79 Å². The van der Waals surface area contributed by atoms with Crippen LogP contribution in [0.2, 0.25) is 5.02 Å². The number of carbonyl (C=O) groups excluding carboxylic acids is 1. The molecule has 1 amide bonds. The Morgan fingerprint density at radius 2 is 1.89 bits per heavy atom. The number of carbonyl (C=O) groups is 1. The molecule has 1 aliphatic heterocycles. The predicted molar refractivity (Wildman–Crippen MR) is 76.3 cm³/mol. The molecular formula is C16H14ClNO. The molecule has 1 heterocycles. The van der Waals surface area contributed by atoms with Crippen LogP contribution in [0.1, 0.15) is 21.5 Å². The Bertz CT molecular complexity index is 609. The molecule has 0 aliphatic carbocycles. The molecule has 1 aliphatic rings. The highest BCUT2D eigenvalue weighted by Gasteiger charge is 2.24. The van der Waals surface area contributed by atoms with Crippen LogP contribution in [-0.4, -0.2) is 17.4 Å². The second-order valence-corrected chi connectivity index (χ2v) is 5.20. The molecule has 0 unspecified atom stereocenters. The number of fused-ring (bicyclic) bond motifs is 1. The monoisotopic (exact) mass is 271 g/mol. The minimum atomic E-state index is 0.0989. The molecule has 2 aromatic rings. The fourth-order valence-electron chi connectivity index (χ4n) is 2.46. The maximum absolute atomic E-state index is 12.4. The normalized spacial score (nSPS) is 14.4. The lowest BCUT2D eigenvalue weighted by Gasteiger charge is -2.28. The molecule has 0 fully saturated rings. The number of amides is 1. The highest BCUT2D eigenvalue weighted by Crippen LogP contribution is 2.23. The van der Waals surface area contributed by atoms with Crippen LogP contribution in [0.5, 0.6) is 0 Å². The van der Waals surface area contributed by atoms with Gasteiger partial charge in [0.05, 0.1) is 0 Å². The van der Waals surface area contributed by atoms with Gasteiger partial charge in [-0.25, -0.2) is 0 Å². The van der Waals surface area contributed by atoms with Crippen molar-refractivity contribution < 1.29 is 4.79 Å². The molecule has 0 N–H and O–H groups in total. The molecule has 3 rings (SSSR count). The van der Waals surface area contributed by atoms with Gasteiger partial charge in [-0.2, -0.15) is 0 Å². The smallest absolute Gasteiger partial charge is 0.254 e. The van der Waals surface area contributed by atoms with E-state index in [2.05, 4.69) is 0 Å². The van der Waals surface area contributed by atoms with Crippen LogP contribution in [0.3, 0.4) is 0 Å². The minimum Gasteiger partial charge on any atom is -0.334 e. The van der Waals surface area contributed by atoms with Crippen molar-refractivity contribution in [1.82, 2.24) is 4.90 Å². The third-order valence-corrected chi connectivity index (χ3v) is 3.69. The second kappa shape index (κ2) is 5.06. The number of rotatable bonds is 2. The van der Waals surface area contributed by atoms with Crippen LogP contribution in [0.4, 0.5) is 0 Å². The van der Waals surface area contributed by atoms with E-state index in [1.807, 2.05) is 47.4 Å². The van der Waals surface area contributed by atoms with Gasteiger partial charge in [-0.1, -0.05) is 41.9 Å². The van der Waals surface area contributed by atoms with E-state index in [9.17, 15) is 4.79 Å². The summed E-state index contributed by atoms with van der Waals surface area (Å²) in [7, 11) is 0. The molecule has 0 bridgehead atoms. The van der Waals surface area contributed by atoms with Crippen molar-refractivity contribution in [1.29, 1.82) is 0 Å². The predicted octanol–water partition coefficient (Wildman–Crippen LogP) is 3.54. The molecule has 19 heavy (non-hydrogen) atoms. The standard InChI is InChI=1S/C16H14ClNO/c17-14-6-7-15-13(10-14)8-9-18(16(15)19)11-12-4-2-1-3-5-12/h1-7,10H,8-9,11H2. The Hall–Kier alpha value is -1.80. The molecule has 96 valence electrons. The lowest BCUT2D eigenvalue weighted by molar-refractivity contribution is 0.0727. The van der Waals surface area contributed by atoms with E-state index >= 15 is 0 Å². The summed E-state index contributed by atoms with van der Waals surface area (Å²) >= 11 is 5.97. The lowest BCUT2D eigenvalue weighted by Crippen LogP contribution is -2.36. The molecule has 0 aromatic heterocycles. The quantitative estimate of drug-likeness (QED) is 0.818. The van der Waals surface area contributed by atoms with Gasteiger partial charge in [0.15, 0.2) is 0 Å². The van der Waals surface area contributed by atoms with Gasteiger partial charge >= 0.3 is 0 Å². The maximum Gasteiger partial charge on any atom is 0.254 e. The SMILES string of the molecule is O=C1c2ccc(Cl)cc2CCN1Cc1ccccc1. The molecule has 0 radical (unpaired) electrons. The first-order valence-corrected chi connectivity index (χ1v) is 6.73. The van der Waals surface area contributed by atoms with Gasteiger partial charge in [0.2, 0.25) is 0 Å². The first kappa shape index (κ1) is 12.2. The summed E-state index contributed by atoms with van der Waals surface area (Å²) in [5, 5.41) is 0.697. The highest BCUT2D eigenvalue weighted by molar-refractivity contribution is 6.30. The summed E-state index contributed by atoms with van der Waals surface area (Å²) in [6.45, 7) is 1.42. The van der Waals surface area contributed by atoms with E-state index in [0.717, 1.165) is 29.7 Å². The Morgan fingerprint density at radius 3 is 2.68 bits per heavy atom. The van der Waals surface area contributed by atoms with Crippen molar-refractivity contribution in [3.8, 4) is 0 Å². The van der Waals surface area contributed by atoms with E-state index in [1.165, 1.54) is 0 Å². The van der Waals surface area contributed by atoms with Gasteiger partial charge < -0.3 is 4.90 Å². The van der Waals surface area contributed by atoms with Crippen LogP contribution in [0, 0.1) is 0 Å². The summed E-state index contributed by atoms with van der Waals surface area (Å²) < 4.78 is 0. The molecule has 3 heteroatoms. The van der Waals surface area contributed by atoms with E-state index in [4.69, 9.17) is 11.6 Å². The van der Waals surface area contributed by atoms with Crippen molar-refractivity contribution >= 4 is 17.5 Å². The van der Waals surface area contributed by atoms with Crippen LogP contribution in [0.15, 0.2) is 48.5 Å². The molecule has 0 saturated heterocycles. The van der Waals surface area contributed by atoms with Crippen molar-refractivity contribution in [2.45, 2.75) is 13.0 Å². The fraction of sp³-hybridized carbons (Fsp3) is 0.188. The second-order valence-electron chi connectivity index (χ2n) is 4.76. The maximum atomic E-state index is 12.4. The molecule has 0 spiro atoms. The molecule has 2 nitrogen and oxygen atoms in total. The lowest BCUT2D eigenvalue weighted by atomic mass is 9.98. The van der Waals surface area contributed by atoms with Crippen molar-refractivity contribution in [3.63, 3.8) is 0 Å². The summed E-state index contributed by atoms with van der Waals surface area (Å²) in [6, 6.07) is 15.6. The van der Waals surface area contributed by atoms with Gasteiger partial charge in [0.1, 0.15) is 0 Å². The number of hydrogen-bond donors (Lipinski definition) is 0. The topological polar surface area (TPSA) is 20.3 Å².